The Morgan fingerprint density at radius 2 is 1.95 bits per heavy atom. The molecule has 6 heteroatoms. The molecule has 2 aliphatic rings. The molecule has 2 fully saturated rings. The summed E-state index contributed by atoms with van der Waals surface area (Å²) in [6.07, 6.45) is 2.93. The number of nitrogens with zero attached hydrogens (tertiary/aromatic N) is 1. The average molecular weight is 270 g/mol. The van der Waals surface area contributed by atoms with Gasteiger partial charge in [0.25, 0.3) is 0 Å². The molecule has 0 aromatic heterocycles. The Morgan fingerprint density at radius 3 is 2.42 bits per heavy atom. The van der Waals surface area contributed by atoms with Crippen molar-refractivity contribution >= 4 is 12.0 Å². The summed E-state index contributed by atoms with van der Waals surface area (Å²) in [6.45, 7) is 4.88. The van der Waals surface area contributed by atoms with Gasteiger partial charge in [0.2, 0.25) is 0 Å². The van der Waals surface area contributed by atoms with Crippen LogP contribution in [0.25, 0.3) is 0 Å². The molecule has 2 unspecified atom stereocenters. The number of nitrogens with one attached hydrogen (secondary N) is 1. The summed E-state index contributed by atoms with van der Waals surface area (Å²) in [4.78, 5) is 25.0. The summed E-state index contributed by atoms with van der Waals surface area (Å²) in [5, 5.41) is 11.8. The summed E-state index contributed by atoms with van der Waals surface area (Å²) >= 11 is 0. The van der Waals surface area contributed by atoms with Crippen LogP contribution in [0.1, 0.15) is 33.1 Å². The maximum Gasteiger partial charge on any atom is 0.326 e. The molecule has 4 atom stereocenters. The van der Waals surface area contributed by atoms with Crippen LogP contribution in [0.5, 0.6) is 0 Å². The third-order valence-corrected chi connectivity index (χ3v) is 4.09. The minimum absolute atomic E-state index is 0.0841. The second-order valence-corrected chi connectivity index (χ2v) is 5.51. The van der Waals surface area contributed by atoms with Crippen LogP contribution in [-0.4, -0.2) is 53.3 Å². The molecule has 0 spiro atoms. The lowest BCUT2D eigenvalue weighted by Gasteiger charge is -2.33. The number of rotatable bonds is 4. The Bertz CT molecular complexity index is 349. The zero-order valence-electron chi connectivity index (χ0n) is 11.5. The van der Waals surface area contributed by atoms with Crippen molar-refractivity contribution in [3.05, 3.63) is 0 Å². The molecule has 2 N–H and O–H groups in total. The van der Waals surface area contributed by atoms with E-state index in [9.17, 15) is 14.7 Å². The van der Waals surface area contributed by atoms with E-state index in [1.807, 2.05) is 13.8 Å². The van der Waals surface area contributed by atoms with Crippen LogP contribution in [-0.2, 0) is 9.53 Å². The monoisotopic (exact) mass is 270 g/mol. The SMILES string of the molecule is CC[C@H](C)[C@H](NC(=O)N1CC2CCC(C1)O2)C(=O)O. The largest absolute Gasteiger partial charge is 0.480 e. The van der Waals surface area contributed by atoms with Crippen LogP contribution < -0.4 is 5.32 Å². The topological polar surface area (TPSA) is 78.9 Å². The quantitative estimate of drug-likeness (QED) is 0.800. The van der Waals surface area contributed by atoms with Gasteiger partial charge in [-0.2, -0.15) is 0 Å². The highest BCUT2D eigenvalue weighted by Crippen LogP contribution is 2.26. The Labute approximate surface area is 113 Å². The van der Waals surface area contributed by atoms with Crippen LogP contribution in [0.15, 0.2) is 0 Å². The van der Waals surface area contributed by atoms with Gasteiger partial charge < -0.3 is 20.1 Å². The molecule has 0 aromatic rings. The van der Waals surface area contributed by atoms with Crippen molar-refractivity contribution in [3.8, 4) is 0 Å². The highest BCUT2D eigenvalue weighted by molar-refractivity contribution is 5.82. The Balaban J connectivity index is 1.94. The molecular weight excluding hydrogens is 248 g/mol. The molecule has 0 radical (unpaired) electrons. The highest BCUT2D eigenvalue weighted by Gasteiger charge is 2.37. The fraction of sp³-hybridized carbons (Fsp3) is 0.846. The van der Waals surface area contributed by atoms with Gasteiger partial charge in [-0.15, -0.1) is 0 Å². The molecule has 0 saturated carbocycles. The first-order valence-electron chi connectivity index (χ1n) is 6.95. The predicted molar refractivity (Wildman–Crippen MR) is 68.9 cm³/mol. The summed E-state index contributed by atoms with van der Waals surface area (Å²) in [7, 11) is 0. The van der Waals surface area contributed by atoms with Gasteiger partial charge in [-0.3, -0.25) is 0 Å². The zero-order valence-corrected chi connectivity index (χ0v) is 11.5. The standard InChI is InChI=1S/C13H22N2O4/c1-3-8(2)11(12(16)17)14-13(18)15-6-9-4-5-10(7-15)19-9/h8-11H,3-7H2,1-2H3,(H,14,18)(H,16,17)/t8-,9?,10?,11-/m0/s1. The van der Waals surface area contributed by atoms with Gasteiger partial charge in [0.1, 0.15) is 6.04 Å². The van der Waals surface area contributed by atoms with Crippen molar-refractivity contribution in [1.29, 1.82) is 0 Å². The van der Waals surface area contributed by atoms with Crippen LogP contribution in [0, 0.1) is 5.92 Å². The molecule has 2 aliphatic heterocycles. The van der Waals surface area contributed by atoms with E-state index in [1.54, 1.807) is 4.90 Å². The number of carboxylic acid groups (broad SMARTS) is 1. The molecule has 108 valence electrons. The van der Waals surface area contributed by atoms with E-state index >= 15 is 0 Å². The molecule has 2 bridgehead atoms. The molecule has 2 rings (SSSR count). The van der Waals surface area contributed by atoms with Crippen LogP contribution in [0.2, 0.25) is 0 Å². The Morgan fingerprint density at radius 1 is 1.37 bits per heavy atom. The van der Waals surface area contributed by atoms with E-state index in [2.05, 4.69) is 5.32 Å². The number of fused-ring (bicyclic) bond motifs is 2. The van der Waals surface area contributed by atoms with Crippen LogP contribution in [0.4, 0.5) is 4.79 Å². The van der Waals surface area contributed by atoms with Crippen molar-refractivity contribution in [1.82, 2.24) is 10.2 Å². The molecule has 19 heavy (non-hydrogen) atoms. The van der Waals surface area contributed by atoms with E-state index in [0.29, 0.717) is 19.5 Å². The van der Waals surface area contributed by atoms with E-state index in [4.69, 9.17) is 4.74 Å². The fourth-order valence-electron chi connectivity index (χ4n) is 2.69. The minimum atomic E-state index is -0.973. The number of likely N-dealkylation sites (tertiary alicyclic amines) is 1. The normalized spacial score (nSPS) is 28.8. The van der Waals surface area contributed by atoms with Gasteiger partial charge in [0, 0.05) is 13.1 Å². The van der Waals surface area contributed by atoms with Crippen molar-refractivity contribution in [2.24, 2.45) is 5.92 Å². The van der Waals surface area contributed by atoms with Gasteiger partial charge in [0.15, 0.2) is 0 Å². The second kappa shape index (κ2) is 5.77. The molecule has 6 nitrogen and oxygen atoms in total. The van der Waals surface area contributed by atoms with Crippen molar-refractivity contribution in [2.75, 3.05) is 13.1 Å². The van der Waals surface area contributed by atoms with Gasteiger partial charge in [0.05, 0.1) is 12.2 Å². The second-order valence-electron chi connectivity index (χ2n) is 5.51. The lowest BCUT2D eigenvalue weighted by atomic mass is 9.99. The van der Waals surface area contributed by atoms with E-state index < -0.39 is 12.0 Å². The first kappa shape index (κ1) is 14.1. The Hall–Kier alpha value is -1.30. The van der Waals surface area contributed by atoms with E-state index in [-0.39, 0.29) is 24.2 Å². The first-order valence-corrected chi connectivity index (χ1v) is 6.95. The maximum atomic E-state index is 12.1. The fourth-order valence-corrected chi connectivity index (χ4v) is 2.69. The van der Waals surface area contributed by atoms with Crippen LogP contribution in [0.3, 0.4) is 0 Å². The predicted octanol–water partition coefficient (Wildman–Crippen LogP) is 1.06. The molecular formula is C13H22N2O4. The number of ether oxygens (including phenoxy) is 1. The summed E-state index contributed by atoms with van der Waals surface area (Å²) < 4.78 is 5.66. The number of morpholine rings is 1. The smallest absolute Gasteiger partial charge is 0.326 e. The van der Waals surface area contributed by atoms with Crippen molar-refractivity contribution in [2.45, 2.75) is 51.4 Å². The first-order chi connectivity index (χ1) is 9.01. The van der Waals surface area contributed by atoms with Gasteiger partial charge in [-0.05, 0) is 18.8 Å². The van der Waals surface area contributed by atoms with Gasteiger partial charge >= 0.3 is 12.0 Å². The molecule has 0 aliphatic carbocycles. The molecule has 2 saturated heterocycles. The zero-order chi connectivity index (χ0) is 14.0. The van der Waals surface area contributed by atoms with E-state index in [1.165, 1.54) is 0 Å². The molecule has 2 heterocycles. The molecule has 0 aromatic carbocycles. The lowest BCUT2D eigenvalue weighted by Crippen LogP contribution is -2.54. The molecule has 2 amide bonds. The Kier molecular flexibility index (Phi) is 4.29. The highest BCUT2D eigenvalue weighted by atomic mass is 16.5. The number of carbonyl (C=O) groups is 2. The van der Waals surface area contributed by atoms with Crippen LogP contribution >= 0.6 is 0 Å². The number of amides is 2. The summed E-state index contributed by atoms with van der Waals surface area (Å²) in [5.74, 6) is -1.06. The number of urea groups is 1. The van der Waals surface area contributed by atoms with Gasteiger partial charge in [-0.1, -0.05) is 20.3 Å². The number of carboxylic acids is 1. The average Bonchev–Trinajstić information content (AvgIpc) is 2.73. The third-order valence-electron chi connectivity index (χ3n) is 4.09. The summed E-state index contributed by atoms with van der Waals surface area (Å²) in [5.41, 5.74) is 0. The number of hydrogen-bond acceptors (Lipinski definition) is 3. The number of carbonyl (C=O) groups excluding carboxylic acids is 1. The lowest BCUT2D eigenvalue weighted by molar-refractivity contribution is -0.140. The summed E-state index contributed by atoms with van der Waals surface area (Å²) in [6, 6.07) is -1.11. The third kappa shape index (κ3) is 3.18. The minimum Gasteiger partial charge on any atom is -0.480 e. The van der Waals surface area contributed by atoms with Crippen molar-refractivity contribution in [3.63, 3.8) is 0 Å². The number of hydrogen-bond donors (Lipinski definition) is 2. The van der Waals surface area contributed by atoms with Crippen molar-refractivity contribution < 1.29 is 19.4 Å². The van der Waals surface area contributed by atoms with Gasteiger partial charge in [-0.25, -0.2) is 9.59 Å². The number of aliphatic carboxylic acids is 1. The van der Waals surface area contributed by atoms with E-state index in [0.717, 1.165) is 12.8 Å². The maximum absolute atomic E-state index is 12.1.